The summed E-state index contributed by atoms with van der Waals surface area (Å²) in [4.78, 5) is 11.8. The zero-order valence-electron chi connectivity index (χ0n) is 13.7. The van der Waals surface area contributed by atoms with Gasteiger partial charge in [0, 0.05) is 19.7 Å². The second kappa shape index (κ2) is 9.41. The van der Waals surface area contributed by atoms with Gasteiger partial charge in [-0.15, -0.1) is 0 Å². The number of aryl methyl sites for hydroxylation is 1. The molecule has 0 bridgehead atoms. The monoisotopic (exact) mass is 310 g/mol. The molecule has 124 valence electrons. The van der Waals surface area contributed by atoms with Crippen LogP contribution < -0.4 is 10.6 Å². The Balaban J connectivity index is 2.37. The van der Waals surface area contributed by atoms with Crippen LogP contribution in [0.15, 0.2) is 18.2 Å². The van der Waals surface area contributed by atoms with Crippen LogP contribution in [0.25, 0.3) is 0 Å². The van der Waals surface area contributed by atoms with Gasteiger partial charge in [-0.1, -0.05) is 26.0 Å². The first-order valence-electron chi connectivity index (χ1n) is 7.80. The molecule has 1 aromatic rings. The third kappa shape index (κ3) is 6.89. The predicted molar refractivity (Wildman–Crippen MR) is 86.0 cm³/mol. The second-order valence-corrected chi connectivity index (χ2v) is 6.15. The smallest absolute Gasteiger partial charge is 0.315 e. The first-order chi connectivity index (χ1) is 10.4. The average Bonchev–Trinajstić information content (AvgIpc) is 2.45. The Morgan fingerprint density at radius 1 is 1.32 bits per heavy atom. The lowest BCUT2D eigenvalue weighted by Gasteiger charge is -2.18. The molecular formula is C17H27FN2O2. The molecule has 0 saturated heterocycles. The molecule has 0 aliphatic carbocycles. The highest BCUT2D eigenvalue weighted by Gasteiger charge is 2.12. The SMILES string of the molecule is Cc1cc(CNC(=O)NCC(CCO)CC(C)C)ccc1F. The standard InChI is InChI=1S/C17H27FN2O2/c1-12(2)8-15(6-7-21)11-20-17(22)19-10-14-4-5-16(18)13(3)9-14/h4-5,9,12,15,21H,6-8,10-11H2,1-3H3,(H2,19,20,22). The molecule has 22 heavy (non-hydrogen) atoms. The van der Waals surface area contributed by atoms with E-state index in [0.29, 0.717) is 31.0 Å². The Morgan fingerprint density at radius 3 is 2.64 bits per heavy atom. The molecule has 0 fully saturated rings. The number of nitrogens with one attached hydrogen (secondary N) is 2. The van der Waals surface area contributed by atoms with Crippen molar-refractivity contribution in [3.05, 3.63) is 35.1 Å². The summed E-state index contributed by atoms with van der Waals surface area (Å²) in [6.07, 6.45) is 1.66. The van der Waals surface area contributed by atoms with Crippen molar-refractivity contribution in [3.8, 4) is 0 Å². The van der Waals surface area contributed by atoms with E-state index in [4.69, 9.17) is 5.11 Å². The van der Waals surface area contributed by atoms with E-state index >= 15 is 0 Å². The Bertz CT molecular complexity index is 478. The largest absolute Gasteiger partial charge is 0.396 e. The summed E-state index contributed by atoms with van der Waals surface area (Å²) in [6.45, 7) is 7.00. The maximum absolute atomic E-state index is 13.2. The molecule has 0 heterocycles. The predicted octanol–water partition coefficient (Wildman–Crippen LogP) is 2.98. The first kappa shape index (κ1) is 18.4. The number of hydrogen-bond donors (Lipinski definition) is 3. The minimum atomic E-state index is -0.242. The van der Waals surface area contributed by atoms with Crippen molar-refractivity contribution in [3.63, 3.8) is 0 Å². The van der Waals surface area contributed by atoms with Crippen LogP contribution >= 0.6 is 0 Å². The summed E-state index contributed by atoms with van der Waals surface area (Å²) < 4.78 is 13.2. The Kier molecular flexibility index (Phi) is 7.88. The van der Waals surface area contributed by atoms with Crippen LogP contribution in [-0.2, 0) is 6.54 Å². The molecule has 0 saturated carbocycles. The van der Waals surface area contributed by atoms with Gasteiger partial charge in [0.2, 0.25) is 0 Å². The molecule has 1 atom stereocenters. The van der Waals surface area contributed by atoms with Crippen molar-refractivity contribution in [1.29, 1.82) is 0 Å². The van der Waals surface area contributed by atoms with E-state index in [1.54, 1.807) is 19.1 Å². The van der Waals surface area contributed by atoms with Crippen molar-refractivity contribution < 1.29 is 14.3 Å². The minimum absolute atomic E-state index is 0.134. The highest BCUT2D eigenvalue weighted by Crippen LogP contribution is 2.14. The second-order valence-electron chi connectivity index (χ2n) is 6.15. The topological polar surface area (TPSA) is 61.4 Å². The van der Waals surface area contributed by atoms with Crippen LogP contribution in [0.4, 0.5) is 9.18 Å². The number of amides is 2. The number of carbonyl (C=O) groups excluding carboxylic acids is 1. The van der Waals surface area contributed by atoms with Crippen molar-refractivity contribution in [2.45, 2.75) is 40.2 Å². The van der Waals surface area contributed by atoms with Crippen LogP contribution in [0.1, 0.15) is 37.8 Å². The zero-order chi connectivity index (χ0) is 16.5. The fourth-order valence-corrected chi connectivity index (χ4v) is 2.45. The third-order valence-corrected chi connectivity index (χ3v) is 3.57. The number of hydrogen-bond acceptors (Lipinski definition) is 2. The molecule has 0 aliphatic rings. The van der Waals surface area contributed by atoms with Crippen LogP contribution in [0.5, 0.6) is 0 Å². The summed E-state index contributed by atoms with van der Waals surface area (Å²) in [5, 5.41) is 14.7. The van der Waals surface area contributed by atoms with E-state index in [1.165, 1.54) is 6.07 Å². The molecule has 1 rings (SSSR count). The lowest BCUT2D eigenvalue weighted by molar-refractivity contribution is 0.225. The van der Waals surface area contributed by atoms with Crippen molar-refractivity contribution in [2.24, 2.45) is 11.8 Å². The zero-order valence-corrected chi connectivity index (χ0v) is 13.7. The maximum Gasteiger partial charge on any atom is 0.315 e. The molecule has 0 radical (unpaired) electrons. The van der Waals surface area contributed by atoms with Gasteiger partial charge in [0.15, 0.2) is 0 Å². The van der Waals surface area contributed by atoms with Crippen LogP contribution in [-0.4, -0.2) is 24.3 Å². The Morgan fingerprint density at radius 2 is 2.05 bits per heavy atom. The molecule has 5 heteroatoms. The molecule has 1 aromatic carbocycles. The lowest BCUT2D eigenvalue weighted by atomic mass is 9.94. The minimum Gasteiger partial charge on any atom is -0.396 e. The molecule has 0 aromatic heterocycles. The molecule has 4 nitrogen and oxygen atoms in total. The summed E-state index contributed by atoms with van der Waals surface area (Å²) >= 11 is 0. The van der Waals surface area contributed by atoms with E-state index in [1.807, 2.05) is 0 Å². The molecule has 0 aliphatic heterocycles. The molecule has 3 N–H and O–H groups in total. The normalized spacial score (nSPS) is 12.3. The third-order valence-electron chi connectivity index (χ3n) is 3.57. The van der Waals surface area contributed by atoms with Gasteiger partial charge in [-0.05, 0) is 48.8 Å². The highest BCUT2D eigenvalue weighted by molar-refractivity contribution is 5.73. The van der Waals surface area contributed by atoms with Gasteiger partial charge in [0.1, 0.15) is 5.82 Å². The number of rotatable bonds is 8. The summed E-state index contributed by atoms with van der Waals surface area (Å²) in [7, 11) is 0. The van der Waals surface area contributed by atoms with E-state index in [0.717, 1.165) is 12.0 Å². The number of urea groups is 1. The average molecular weight is 310 g/mol. The van der Waals surface area contributed by atoms with E-state index in [9.17, 15) is 9.18 Å². The van der Waals surface area contributed by atoms with Gasteiger partial charge in [-0.2, -0.15) is 0 Å². The number of carbonyl (C=O) groups is 1. The molecular weight excluding hydrogens is 283 g/mol. The first-order valence-corrected chi connectivity index (χ1v) is 7.80. The van der Waals surface area contributed by atoms with Crippen molar-refractivity contribution in [1.82, 2.24) is 10.6 Å². The van der Waals surface area contributed by atoms with Crippen molar-refractivity contribution in [2.75, 3.05) is 13.2 Å². The van der Waals surface area contributed by atoms with Crippen molar-refractivity contribution >= 4 is 6.03 Å². The summed E-state index contributed by atoms with van der Waals surface area (Å²) in [6, 6.07) is 4.55. The van der Waals surface area contributed by atoms with Gasteiger partial charge < -0.3 is 15.7 Å². The van der Waals surface area contributed by atoms with Gasteiger partial charge in [0.05, 0.1) is 0 Å². The number of aliphatic hydroxyl groups is 1. The van der Waals surface area contributed by atoms with E-state index in [-0.39, 0.29) is 24.4 Å². The maximum atomic E-state index is 13.2. The Hall–Kier alpha value is -1.62. The molecule has 0 spiro atoms. The lowest BCUT2D eigenvalue weighted by Crippen LogP contribution is -2.38. The summed E-state index contributed by atoms with van der Waals surface area (Å²) in [5.41, 5.74) is 1.43. The fourth-order valence-electron chi connectivity index (χ4n) is 2.45. The van der Waals surface area contributed by atoms with Gasteiger partial charge in [0.25, 0.3) is 0 Å². The Labute approximate surface area is 132 Å². The van der Waals surface area contributed by atoms with Gasteiger partial charge in [-0.3, -0.25) is 0 Å². The van der Waals surface area contributed by atoms with Crippen LogP contribution in [0, 0.1) is 24.6 Å². The fraction of sp³-hybridized carbons (Fsp3) is 0.588. The van der Waals surface area contributed by atoms with Gasteiger partial charge >= 0.3 is 6.03 Å². The highest BCUT2D eigenvalue weighted by atomic mass is 19.1. The number of halogens is 1. The number of benzene rings is 1. The number of aliphatic hydroxyl groups excluding tert-OH is 1. The quantitative estimate of drug-likeness (QED) is 0.691. The summed E-state index contributed by atoms with van der Waals surface area (Å²) in [5.74, 6) is 0.571. The van der Waals surface area contributed by atoms with Gasteiger partial charge in [-0.25, -0.2) is 9.18 Å². The molecule has 2 amide bonds. The molecule has 1 unspecified atom stereocenters. The van der Waals surface area contributed by atoms with E-state index < -0.39 is 0 Å². The van der Waals surface area contributed by atoms with E-state index in [2.05, 4.69) is 24.5 Å². The van der Waals surface area contributed by atoms with Crippen LogP contribution in [0.2, 0.25) is 0 Å². The van der Waals surface area contributed by atoms with Crippen LogP contribution in [0.3, 0.4) is 0 Å².